The summed E-state index contributed by atoms with van der Waals surface area (Å²) in [5, 5.41) is 12.5. The molecular formula is C29H28ClN3O2S. The number of carbonyl (C=O) groups is 1. The molecule has 1 N–H and O–H groups in total. The summed E-state index contributed by atoms with van der Waals surface area (Å²) in [5.41, 5.74) is 5.80. The molecule has 0 atom stereocenters. The summed E-state index contributed by atoms with van der Waals surface area (Å²) in [7, 11) is 0. The van der Waals surface area contributed by atoms with Gasteiger partial charge in [-0.2, -0.15) is 0 Å². The standard InChI is InChI=1S/C29H28ClN3O2S/c1-4-36-24-11-5-20(6-12-24)17-25(34)31-23-15-18(2)26(19(3)16-23)29(13-14-29)28-33-32-27(35-28)21-7-9-22(30)10-8-21/h5-12,15-16H,4,13-14,17H2,1-3H3,(H,31,34). The van der Waals surface area contributed by atoms with E-state index < -0.39 is 0 Å². The Balaban J connectivity index is 1.32. The van der Waals surface area contributed by atoms with Gasteiger partial charge in [0.15, 0.2) is 0 Å². The SMILES string of the molecule is CCSc1ccc(CC(=O)Nc2cc(C)c(C3(c4nnc(-c5ccc(Cl)cc5)o4)CC3)c(C)c2)cc1. The second-order valence-electron chi connectivity index (χ2n) is 9.29. The van der Waals surface area contributed by atoms with Crippen LogP contribution in [0.2, 0.25) is 5.02 Å². The summed E-state index contributed by atoms with van der Waals surface area (Å²) < 4.78 is 6.15. The molecule has 0 bridgehead atoms. The predicted octanol–water partition coefficient (Wildman–Crippen LogP) is 7.38. The van der Waals surface area contributed by atoms with E-state index in [9.17, 15) is 4.79 Å². The van der Waals surface area contributed by atoms with Gasteiger partial charge in [0.1, 0.15) is 0 Å². The Hall–Kier alpha value is -3.09. The van der Waals surface area contributed by atoms with Crippen LogP contribution in [-0.4, -0.2) is 21.9 Å². The minimum Gasteiger partial charge on any atom is -0.420 e. The van der Waals surface area contributed by atoms with E-state index in [0.29, 0.717) is 23.2 Å². The number of aryl methyl sites for hydroxylation is 2. The van der Waals surface area contributed by atoms with Crippen molar-refractivity contribution in [2.75, 3.05) is 11.1 Å². The molecule has 5 nitrogen and oxygen atoms in total. The van der Waals surface area contributed by atoms with E-state index in [2.05, 4.69) is 48.4 Å². The number of hydrogen-bond donors (Lipinski definition) is 1. The van der Waals surface area contributed by atoms with Crippen LogP contribution in [0.5, 0.6) is 0 Å². The summed E-state index contributed by atoms with van der Waals surface area (Å²) in [6, 6.07) is 19.7. The van der Waals surface area contributed by atoms with Gasteiger partial charge in [-0.25, -0.2) is 0 Å². The van der Waals surface area contributed by atoms with Gasteiger partial charge in [-0.05, 0) is 103 Å². The number of hydrogen-bond acceptors (Lipinski definition) is 5. The number of carbonyl (C=O) groups excluding carboxylic acids is 1. The quantitative estimate of drug-likeness (QED) is 0.247. The first-order chi connectivity index (χ1) is 17.4. The average molecular weight is 518 g/mol. The normalized spacial score (nSPS) is 14.0. The maximum atomic E-state index is 12.7. The second kappa shape index (κ2) is 10.1. The lowest BCUT2D eigenvalue weighted by molar-refractivity contribution is -0.115. The molecule has 1 aliphatic carbocycles. The lowest BCUT2D eigenvalue weighted by Gasteiger charge is -2.19. The zero-order chi connectivity index (χ0) is 25.3. The molecule has 36 heavy (non-hydrogen) atoms. The second-order valence-corrected chi connectivity index (χ2v) is 11.1. The molecule has 4 aromatic rings. The van der Waals surface area contributed by atoms with Crippen LogP contribution >= 0.6 is 23.4 Å². The molecular weight excluding hydrogens is 490 g/mol. The van der Waals surface area contributed by atoms with Gasteiger partial charge in [-0.15, -0.1) is 22.0 Å². The van der Waals surface area contributed by atoms with Gasteiger partial charge in [0.2, 0.25) is 17.7 Å². The lowest BCUT2D eigenvalue weighted by Crippen LogP contribution is -2.17. The van der Waals surface area contributed by atoms with Gasteiger partial charge in [-0.3, -0.25) is 4.79 Å². The van der Waals surface area contributed by atoms with Gasteiger partial charge in [0.05, 0.1) is 11.8 Å². The van der Waals surface area contributed by atoms with Crippen LogP contribution in [0.15, 0.2) is 70.0 Å². The number of thioether (sulfide) groups is 1. The van der Waals surface area contributed by atoms with Gasteiger partial charge in [0.25, 0.3) is 0 Å². The van der Waals surface area contributed by atoms with E-state index in [1.165, 1.54) is 10.5 Å². The Morgan fingerprint density at radius 2 is 1.69 bits per heavy atom. The Morgan fingerprint density at radius 1 is 1.03 bits per heavy atom. The molecule has 1 heterocycles. The molecule has 0 aliphatic heterocycles. The fourth-order valence-electron chi connectivity index (χ4n) is 4.87. The number of amides is 1. The minimum absolute atomic E-state index is 0.0249. The monoisotopic (exact) mass is 517 g/mol. The predicted molar refractivity (Wildman–Crippen MR) is 146 cm³/mol. The van der Waals surface area contributed by atoms with Crippen LogP contribution in [0.25, 0.3) is 11.5 Å². The molecule has 1 aliphatic rings. The molecule has 1 saturated carbocycles. The van der Waals surface area contributed by atoms with Crippen molar-refractivity contribution < 1.29 is 9.21 Å². The van der Waals surface area contributed by atoms with Gasteiger partial charge in [-0.1, -0.05) is 30.7 Å². The molecule has 7 heteroatoms. The minimum atomic E-state index is -0.271. The number of nitrogens with zero attached hydrogens (tertiary/aromatic N) is 2. The highest BCUT2D eigenvalue weighted by atomic mass is 35.5. The number of nitrogens with one attached hydrogen (secondary N) is 1. The molecule has 5 rings (SSSR count). The molecule has 0 spiro atoms. The van der Waals surface area contributed by atoms with E-state index in [4.69, 9.17) is 16.0 Å². The summed E-state index contributed by atoms with van der Waals surface area (Å²) in [6.45, 7) is 6.30. The van der Waals surface area contributed by atoms with Crippen molar-refractivity contribution in [3.05, 3.63) is 93.8 Å². The molecule has 1 aromatic heterocycles. The summed E-state index contributed by atoms with van der Waals surface area (Å²) in [6.07, 6.45) is 2.25. The highest BCUT2D eigenvalue weighted by Crippen LogP contribution is 2.55. The van der Waals surface area contributed by atoms with E-state index in [1.54, 1.807) is 11.8 Å². The Bertz CT molecular complexity index is 1370. The maximum Gasteiger partial charge on any atom is 0.247 e. The van der Waals surface area contributed by atoms with E-state index in [1.807, 2.05) is 48.5 Å². The topological polar surface area (TPSA) is 68.0 Å². The third-order valence-electron chi connectivity index (χ3n) is 6.57. The fraction of sp³-hybridized carbons (Fsp3) is 0.276. The first-order valence-corrected chi connectivity index (χ1v) is 13.5. The molecule has 0 radical (unpaired) electrons. The van der Waals surface area contributed by atoms with Crippen molar-refractivity contribution >= 4 is 35.0 Å². The van der Waals surface area contributed by atoms with Crippen molar-refractivity contribution in [3.8, 4) is 11.5 Å². The van der Waals surface area contributed by atoms with Crippen molar-refractivity contribution in [3.63, 3.8) is 0 Å². The molecule has 184 valence electrons. The van der Waals surface area contributed by atoms with Gasteiger partial charge >= 0.3 is 0 Å². The number of halogens is 1. The van der Waals surface area contributed by atoms with Crippen molar-refractivity contribution in [2.24, 2.45) is 0 Å². The number of anilines is 1. The summed E-state index contributed by atoms with van der Waals surface area (Å²) in [5.74, 6) is 2.14. The van der Waals surface area contributed by atoms with Crippen molar-refractivity contribution in [2.45, 2.75) is 50.3 Å². The van der Waals surface area contributed by atoms with Crippen molar-refractivity contribution in [1.82, 2.24) is 10.2 Å². The Morgan fingerprint density at radius 3 is 2.31 bits per heavy atom. The largest absolute Gasteiger partial charge is 0.420 e. The van der Waals surface area contributed by atoms with Crippen LogP contribution in [0.1, 0.15) is 47.9 Å². The van der Waals surface area contributed by atoms with E-state index in [-0.39, 0.29) is 11.3 Å². The summed E-state index contributed by atoms with van der Waals surface area (Å²) >= 11 is 7.80. The highest BCUT2D eigenvalue weighted by molar-refractivity contribution is 7.99. The van der Waals surface area contributed by atoms with Crippen LogP contribution < -0.4 is 5.32 Å². The molecule has 0 saturated heterocycles. The number of benzene rings is 3. The third kappa shape index (κ3) is 5.06. The molecule has 1 fully saturated rings. The lowest BCUT2D eigenvalue weighted by atomic mass is 9.87. The van der Waals surface area contributed by atoms with Crippen LogP contribution in [0.3, 0.4) is 0 Å². The number of rotatable bonds is 8. The highest BCUT2D eigenvalue weighted by Gasteiger charge is 2.52. The smallest absolute Gasteiger partial charge is 0.247 e. The van der Waals surface area contributed by atoms with Gasteiger partial charge < -0.3 is 9.73 Å². The van der Waals surface area contributed by atoms with Crippen LogP contribution in [0.4, 0.5) is 5.69 Å². The zero-order valence-corrected chi connectivity index (χ0v) is 22.2. The Labute approximate surface area is 220 Å². The van der Waals surface area contributed by atoms with Gasteiger partial charge in [0, 0.05) is 21.2 Å². The average Bonchev–Trinajstić information content (AvgIpc) is 3.47. The van der Waals surface area contributed by atoms with Crippen LogP contribution in [-0.2, 0) is 16.6 Å². The molecule has 3 aromatic carbocycles. The third-order valence-corrected chi connectivity index (χ3v) is 7.72. The zero-order valence-electron chi connectivity index (χ0n) is 20.6. The van der Waals surface area contributed by atoms with Crippen molar-refractivity contribution in [1.29, 1.82) is 0 Å². The molecule has 0 unspecified atom stereocenters. The first-order valence-electron chi connectivity index (χ1n) is 12.1. The molecule has 1 amide bonds. The maximum absolute atomic E-state index is 12.7. The number of aromatic nitrogens is 2. The Kier molecular flexibility index (Phi) is 6.91. The fourth-order valence-corrected chi connectivity index (χ4v) is 5.66. The van der Waals surface area contributed by atoms with Crippen LogP contribution in [0, 0.1) is 13.8 Å². The first kappa shape index (κ1) is 24.6. The van der Waals surface area contributed by atoms with E-state index in [0.717, 1.165) is 46.5 Å². The van der Waals surface area contributed by atoms with E-state index >= 15 is 0 Å². The summed E-state index contributed by atoms with van der Waals surface area (Å²) in [4.78, 5) is 14.0.